The van der Waals surface area contributed by atoms with Crippen LogP contribution in [0.4, 0.5) is 10.1 Å². The number of hydrogen-bond acceptors (Lipinski definition) is 4. The van der Waals surface area contributed by atoms with Gasteiger partial charge in [-0.05, 0) is 60.5 Å². The minimum Gasteiger partial charge on any atom is -0.493 e. The molecule has 6 nitrogen and oxygen atoms in total. The Morgan fingerprint density at radius 2 is 1.58 bits per heavy atom. The molecule has 3 aromatic rings. The van der Waals surface area contributed by atoms with Crippen molar-refractivity contribution in [1.82, 2.24) is 5.32 Å². The smallest absolute Gasteiger partial charge is 0.255 e. The molecule has 31 heavy (non-hydrogen) atoms. The lowest BCUT2D eigenvalue weighted by Gasteiger charge is -2.12. The van der Waals surface area contributed by atoms with Crippen molar-refractivity contribution in [1.29, 1.82) is 0 Å². The second kappa shape index (κ2) is 10.2. The molecule has 2 amide bonds. The highest BCUT2D eigenvalue weighted by atomic mass is 19.1. The van der Waals surface area contributed by atoms with Gasteiger partial charge >= 0.3 is 0 Å². The minimum absolute atomic E-state index is 0.296. The lowest BCUT2D eigenvalue weighted by molar-refractivity contribution is 0.0955. The molecule has 0 saturated carbocycles. The van der Waals surface area contributed by atoms with Crippen LogP contribution in [0.15, 0.2) is 66.7 Å². The molecule has 0 radical (unpaired) electrons. The van der Waals surface area contributed by atoms with E-state index >= 15 is 0 Å². The van der Waals surface area contributed by atoms with Crippen molar-refractivity contribution in [2.45, 2.75) is 6.42 Å². The number of ether oxygens (including phenoxy) is 2. The maximum absolute atomic E-state index is 13.1. The third-order valence-electron chi connectivity index (χ3n) is 4.67. The van der Waals surface area contributed by atoms with E-state index in [0.717, 1.165) is 5.56 Å². The first kappa shape index (κ1) is 21.8. The van der Waals surface area contributed by atoms with Crippen LogP contribution in [0.25, 0.3) is 0 Å². The van der Waals surface area contributed by atoms with Gasteiger partial charge in [0.15, 0.2) is 11.5 Å². The molecule has 7 heteroatoms. The SMILES string of the molecule is COc1ccc(CCNC(=O)c2ccccc2NC(=O)c2ccc(F)cc2)cc1OC. The Labute approximate surface area is 180 Å². The molecular formula is C24H23FN2O4. The van der Waals surface area contributed by atoms with Crippen molar-refractivity contribution >= 4 is 17.5 Å². The van der Waals surface area contributed by atoms with Crippen molar-refractivity contribution in [2.75, 3.05) is 26.1 Å². The monoisotopic (exact) mass is 422 g/mol. The number of rotatable bonds is 8. The normalized spacial score (nSPS) is 10.3. The van der Waals surface area contributed by atoms with E-state index in [2.05, 4.69) is 10.6 Å². The number of nitrogens with one attached hydrogen (secondary N) is 2. The van der Waals surface area contributed by atoms with Gasteiger partial charge in [-0.1, -0.05) is 18.2 Å². The van der Waals surface area contributed by atoms with Gasteiger partial charge in [0.1, 0.15) is 5.82 Å². The highest BCUT2D eigenvalue weighted by molar-refractivity contribution is 6.08. The van der Waals surface area contributed by atoms with E-state index in [4.69, 9.17) is 9.47 Å². The van der Waals surface area contributed by atoms with Gasteiger partial charge in [0.2, 0.25) is 0 Å². The number of halogens is 1. The number of para-hydroxylation sites is 1. The summed E-state index contributed by atoms with van der Waals surface area (Å²) >= 11 is 0. The Kier molecular flexibility index (Phi) is 7.22. The fraction of sp³-hybridized carbons (Fsp3) is 0.167. The van der Waals surface area contributed by atoms with Crippen LogP contribution in [0.3, 0.4) is 0 Å². The van der Waals surface area contributed by atoms with Crippen molar-refractivity contribution < 1.29 is 23.5 Å². The van der Waals surface area contributed by atoms with Crippen LogP contribution in [0.5, 0.6) is 11.5 Å². The maximum Gasteiger partial charge on any atom is 0.255 e. The van der Waals surface area contributed by atoms with E-state index in [1.165, 1.54) is 24.3 Å². The predicted octanol–water partition coefficient (Wildman–Crippen LogP) is 4.07. The molecule has 3 rings (SSSR count). The number of amides is 2. The quantitative estimate of drug-likeness (QED) is 0.574. The molecule has 0 aliphatic heterocycles. The molecule has 2 N–H and O–H groups in total. The summed E-state index contributed by atoms with van der Waals surface area (Å²) in [6.07, 6.45) is 0.593. The standard InChI is InChI=1S/C24H23FN2O4/c1-30-21-12-7-16(15-22(21)31-2)13-14-26-24(29)19-5-3-4-6-20(19)27-23(28)17-8-10-18(25)11-9-17/h3-12,15H,13-14H2,1-2H3,(H,26,29)(H,27,28). The molecule has 0 atom stereocenters. The second-order valence-corrected chi connectivity index (χ2v) is 6.70. The van der Waals surface area contributed by atoms with Crippen LogP contribution in [0.1, 0.15) is 26.3 Å². The van der Waals surface area contributed by atoms with Crippen LogP contribution in [-0.2, 0) is 6.42 Å². The van der Waals surface area contributed by atoms with E-state index < -0.39 is 11.7 Å². The number of benzene rings is 3. The van der Waals surface area contributed by atoms with Gasteiger partial charge in [-0.15, -0.1) is 0 Å². The first-order valence-corrected chi connectivity index (χ1v) is 9.67. The summed E-state index contributed by atoms with van der Waals surface area (Å²) in [7, 11) is 3.14. The fourth-order valence-corrected chi connectivity index (χ4v) is 3.04. The molecule has 0 fully saturated rings. The average Bonchev–Trinajstić information content (AvgIpc) is 2.79. The van der Waals surface area contributed by atoms with Crippen molar-refractivity contribution in [3.8, 4) is 11.5 Å². The zero-order chi connectivity index (χ0) is 22.2. The molecule has 3 aromatic carbocycles. The third kappa shape index (κ3) is 5.60. The van der Waals surface area contributed by atoms with Gasteiger partial charge in [0.25, 0.3) is 11.8 Å². The molecule has 0 aromatic heterocycles. The van der Waals surface area contributed by atoms with Gasteiger partial charge in [-0.3, -0.25) is 9.59 Å². The Bertz CT molecular complexity index is 1070. The van der Waals surface area contributed by atoms with Crippen LogP contribution in [0, 0.1) is 5.82 Å². The number of carbonyl (C=O) groups is 2. The zero-order valence-corrected chi connectivity index (χ0v) is 17.3. The van der Waals surface area contributed by atoms with Crippen LogP contribution in [-0.4, -0.2) is 32.6 Å². The van der Waals surface area contributed by atoms with Gasteiger partial charge in [0.05, 0.1) is 25.5 Å². The molecule has 0 aliphatic carbocycles. The lowest BCUT2D eigenvalue weighted by Crippen LogP contribution is -2.27. The largest absolute Gasteiger partial charge is 0.493 e. The van der Waals surface area contributed by atoms with E-state index in [1.54, 1.807) is 38.5 Å². The molecule has 0 spiro atoms. The Balaban J connectivity index is 1.63. The van der Waals surface area contributed by atoms with Gasteiger partial charge in [-0.25, -0.2) is 4.39 Å². The predicted molar refractivity (Wildman–Crippen MR) is 116 cm³/mol. The van der Waals surface area contributed by atoms with Gasteiger partial charge < -0.3 is 20.1 Å². The summed E-state index contributed by atoms with van der Waals surface area (Å²) in [6, 6.07) is 17.5. The number of carbonyl (C=O) groups excluding carboxylic acids is 2. The summed E-state index contributed by atoms with van der Waals surface area (Å²) in [5.74, 6) is 0.105. The van der Waals surface area contributed by atoms with E-state index in [9.17, 15) is 14.0 Å². The highest BCUT2D eigenvalue weighted by Crippen LogP contribution is 2.27. The first-order valence-electron chi connectivity index (χ1n) is 9.67. The number of hydrogen-bond donors (Lipinski definition) is 2. The van der Waals surface area contributed by atoms with E-state index in [1.807, 2.05) is 18.2 Å². The lowest BCUT2D eigenvalue weighted by atomic mass is 10.1. The molecular weight excluding hydrogens is 399 g/mol. The Hall–Kier alpha value is -3.87. The molecule has 0 bridgehead atoms. The summed E-state index contributed by atoms with van der Waals surface area (Å²) < 4.78 is 23.6. The van der Waals surface area contributed by atoms with Crippen molar-refractivity contribution in [3.63, 3.8) is 0 Å². The summed E-state index contributed by atoms with van der Waals surface area (Å²) in [6.45, 7) is 0.397. The van der Waals surface area contributed by atoms with E-state index in [0.29, 0.717) is 41.3 Å². The van der Waals surface area contributed by atoms with E-state index in [-0.39, 0.29) is 5.91 Å². The zero-order valence-electron chi connectivity index (χ0n) is 17.3. The van der Waals surface area contributed by atoms with Crippen molar-refractivity contribution in [2.24, 2.45) is 0 Å². The minimum atomic E-state index is -0.425. The maximum atomic E-state index is 13.1. The number of methoxy groups -OCH3 is 2. The summed E-state index contributed by atoms with van der Waals surface area (Å²) in [4.78, 5) is 25.1. The van der Waals surface area contributed by atoms with Crippen LogP contribution < -0.4 is 20.1 Å². The van der Waals surface area contributed by atoms with Crippen LogP contribution >= 0.6 is 0 Å². The molecule has 160 valence electrons. The van der Waals surface area contributed by atoms with Crippen LogP contribution in [0.2, 0.25) is 0 Å². The average molecular weight is 422 g/mol. The molecule has 0 aliphatic rings. The Morgan fingerprint density at radius 3 is 2.29 bits per heavy atom. The fourth-order valence-electron chi connectivity index (χ4n) is 3.04. The Morgan fingerprint density at radius 1 is 0.871 bits per heavy atom. The molecule has 0 unspecified atom stereocenters. The molecule has 0 heterocycles. The summed E-state index contributed by atoms with van der Waals surface area (Å²) in [5, 5.41) is 5.57. The number of anilines is 1. The topological polar surface area (TPSA) is 76.7 Å². The van der Waals surface area contributed by atoms with Crippen molar-refractivity contribution in [3.05, 3.63) is 89.2 Å². The van der Waals surface area contributed by atoms with Gasteiger partial charge in [0, 0.05) is 12.1 Å². The van der Waals surface area contributed by atoms with Gasteiger partial charge in [-0.2, -0.15) is 0 Å². The summed E-state index contributed by atoms with van der Waals surface area (Å²) in [5.41, 5.74) is 1.99. The highest BCUT2D eigenvalue weighted by Gasteiger charge is 2.14. The second-order valence-electron chi connectivity index (χ2n) is 6.70. The molecule has 0 saturated heterocycles. The third-order valence-corrected chi connectivity index (χ3v) is 4.67. The first-order chi connectivity index (χ1) is 15.0.